The van der Waals surface area contributed by atoms with Crippen molar-refractivity contribution in [2.24, 2.45) is 0 Å². The van der Waals surface area contributed by atoms with Gasteiger partial charge >= 0.3 is 0 Å². The largest absolute Gasteiger partial charge is 0.373 e. The molecule has 0 aromatic heterocycles. The third-order valence-electron chi connectivity index (χ3n) is 5.64. The summed E-state index contributed by atoms with van der Waals surface area (Å²) in [5, 5.41) is 0. The van der Waals surface area contributed by atoms with Crippen molar-refractivity contribution in [3.8, 4) is 0 Å². The highest BCUT2D eigenvalue weighted by Crippen LogP contribution is 2.30. The van der Waals surface area contributed by atoms with Gasteiger partial charge in [-0.2, -0.15) is 4.31 Å². The maximum atomic E-state index is 13.2. The van der Waals surface area contributed by atoms with Gasteiger partial charge in [0.05, 0.1) is 17.1 Å². The molecule has 8 heteroatoms. The third kappa shape index (κ3) is 4.97. The highest BCUT2D eigenvalue weighted by atomic mass is 32.2. The maximum absolute atomic E-state index is 13.2. The van der Waals surface area contributed by atoms with Crippen LogP contribution in [0.15, 0.2) is 53.4 Å². The Labute approximate surface area is 182 Å². The Kier molecular flexibility index (Phi) is 6.14. The third-order valence-corrected chi connectivity index (χ3v) is 7.49. The van der Waals surface area contributed by atoms with Gasteiger partial charge in [0, 0.05) is 31.2 Å². The Bertz CT molecular complexity index is 1030. The van der Waals surface area contributed by atoms with Gasteiger partial charge in [-0.1, -0.05) is 12.1 Å². The molecule has 1 aliphatic carbocycles. The Morgan fingerprint density at radius 1 is 1.03 bits per heavy atom. The predicted molar refractivity (Wildman–Crippen MR) is 115 cm³/mol. The van der Waals surface area contributed by atoms with Crippen molar-refractivity contribution in [1.82, 2.24) is 9.21 Å². The number of morpholine rings is 1. The highest BCUT2D eigenvalue weighted by molar-refractivity contribution is 7.89. The molecule has 1 heterocycles. The van der Waals surface area contributed by atoms with Crippen LogP contribution in [0, 0.1) is 5.82 Å². The number of carbonyl (C=O) groups excluding carboxylic acids is 1. The summed E-state index contributed by atoms with van der Waals surface area (Å²) in [6.07, 6.45) is 1.54. The fourth-order valence-electron chi connectivity index (χ4n) is 3.95. The van der Waals surface area contributed by atoms with Crippen LogP contribution in [0.4, 0.5) is 4.39 Å². The number of carbonyl (C=O) groups is 1. The monoisotopic (exact) mass is 446 g/mol. The molecule has 166 valence electrons. The van der Waals surface area contributed by atoms with E-state index in [0.29, 0.717) is 25.2 Å². The minimum atomic E-state index is -3.65. The van der Waals surface area contributed by atoms with E-state index >= 15 is 0 Å². The summed E-state index contributed by atoms with van der Waals surface area (Å²) in [5.41, 5.74) is 1.30. The summed E-state index contributed by atoms with van der Waals surface area (Å²) in [6, 6.07) is 12.4. The molecule has 31 heavy (non-hydrogen) atoms. The molecule has 0 spiro atoms. The first kappa shape index (κ1) is 21.9. The number of sulfonamides is 1. The second kappa shape index (κ2) is 8.68. The first-order valence-electron chi connectivity index (χ1n) is 10.5. The van der Waals surface area contributed by atoms with E-state index in [-0.39, 0.29) is 34.9 Å². The average molecular weight is 447 g/mol. The lowest BCUT2D eigenvalue weighted by Crippen LogP contribution is -2.48. The van der Waals surface area contributed by atoms with Crippen LogP contribution in [0.2, 0.25) is 0 Å². The van der Waals surface area contributed by atoms with Gasteiger partial charge in [-0.05, 0) is 68.7 Å². The molecule has 1 saturated carbocycles. The van der Waals surface area contributed by atoms with Crippen molar-refractivity contribution in [3.05, 3.63) is 65.5 Å². The van der Waals surface area contributed by atoms with E-state index in [4.69, 9.17) is 4.74 Å². The molecule has 0 radical (unpaired) electrons. The lowest BCUT2D eigenvalue weighted by molar-refractivity contribution is -0.0440. The molecular formula is C23H27FN2O4S. The topological polar surface area (TPSA) is 66.9 Å². The lowest BCUT2D eigenvalue weighted by atomic mass is 10.1. The van der Waals surface area contributed by atoms with E-state index in [0.717, 1.165) is 18.4 Å². The zero-order valence-electron chi connectivity index (χ0n) is 17.7. The zero-order valence-corrected chi connectivity index (χ0v) is 18.5. The molecule has 0 unspecified atom stereocenters. The van der Waals surface area contributed by atoms with Crippen molar-refractivity contribution in [1.29, 1.82) is 0 Å². The second-order valence-electron chi connectivity index (χ2n) is 8.39. The molecule has 2 atom stereocenters. The van der Waals surface area contributed by atoms with Crippen molar-refractivity contribution in [2.45, 2.75) is 56.4 Å². The van der Waals surface area contributed by atoms with Gasteiger partial charge in [0.15, 0.2) is 0 Å². The van der Waals surface area contributed by atoms with Gasteiger partial charge in [-0.3, -0.25) is 4.79 Å². The molecule has 4 rings (SSSR count). The number of hydrogen-bond donors (Lipinski definition) is 0. The molecule has 6 nitrogen and oxygen atoms in total. The van der Waals surface area contributed by atoms with Crippen molar-refractivity contribution in [2.75, 3.05) is 13.1 Å². The highest BCUT2D eigenvalue weighted by Gasteiger charge is 2.34. The fraction of sp³-hybridized carbons (Fsp3) is 0.435. The minimum Gasteiger partial charge on any atom is -0.373 e. The summed E-state index contributed by atoms with van der Waals surface area (Å²) < 4.78 is 46.3. The molecule has 1 saturated heterocycles. The van der Waals surface area contributed by atoms with Gasteiger partial charge in [0.2, 0.25) is 10.0 Å². The molecule has 2 aliphatic rings. The number of halogens is 1. The predicted octanol–water partition coefficient (Wildman–Crippen LogP) is 3.43. The molecule has 1 aliphatic heterocycles. The van der Waals surface area contributed by atoms with E-state index in [2.05, 4.69) is 0 Å². The SMILES string of the molecule is C[C@H]1CN(S(=O)(=O)c2ccc(C(=O)N(Cc3ccc(F)cc3)C3CC3)cc2)C[C@H](C)O1. The van der Waals surface area contributed by atoms with E-state index in [1.54, 1.807) is 29.2 Å². The van der Waals surface area contributed by atoms with Crippen LogP contribution < -0.4 is 0 Å². The summed E-state index contributed by atoms with van der Waals surface area (Å²) in [4.78, 5) is 15.1. The Hall–Kier alpha value is -2.29. The number of hydrogen-bond acceptors (Lipinski definition) is 4. The zero-order chi connectivity index (χ0) is 22.2. The molecule has 1 amide bonds. The van der Waals surface area contributed by atoms with Gasteiger partial charge in [0.25, 0.3) is 5.91 Å². The van der Waals surface area contributed by atoms with Gasteiger partial charge in [0.1, 0.15) is 5.82 Å². The molecule has 2 aromatic carbocycles. The van der Waals surface area contributed by atoms with Crippen LogP contribution >= 0.6 is 0 Å². The fourth-order valence-corrected chi connectivity index (χ4v) is 5.54. The van der Waals surface area contributed by atoms with E-state index < -0.39 is 10.0 Å². The Balaban J connectivity index is 1.51. The van der Waals surface area contributed by atoms with Gasteiger partial charge in [-0.15, -0.1) is 0 Å². The van der Waals surface area contributed by atoms with Crippen molar-refractivity contribution in [3.63, 3.8) is 0 Å². The Morgan fingerprint density at radius 2 is 1.61 bits per heavy atom. The second-order valence-corrected chi connectivity index (χ2v) is 10.3. The molecular weight excluding hydrogens is 419 g/mol. The van der Waals surface area contributed by atoms with E-state index in [1.807, 2.05) is 13.8 Å². The van der Waals surface area contributed by atoms with Crippen LogP contribution in [-0.4, -0.2) is 54.9 Å². The number of benzene rings is 2. The van der Waals surface area contributed by atoms with E-state index in [1.165, 1.54) is 28.6 Å². The molecule has 2 aromatic rings. The normalized spacial score (nSPS) is 22.3. The summed E-state index contributed by atoms with van der Waals surface area (Å²) >= 11 is 0. The number of amides is 1. The standard InChI is InChI=1S/C23H27FN2O4S/c1-16-13-25(14-17(2)30-16)31(28,29)22-11-5-19(6-12-22)23(27)26(21-9-10-21)15-18-3-7-20(24)8-4-18/h3-8,11-12,16-17,21H,9-10,13-15H2,1-2H3/t16-,17-/m0/s1. The van der Waals surface area contributed by atoms with Gasteiger partial charge < -0.3 is 9.64 Å². The molecule has 0 N–H and O–H groups in total. The first-order chi connectivity index (χ1) is 14.7. The smallest absolute Gasteiger partial charge is 0.254 e. The molecule has 0 bridgehead atoms. The van der Waals surface area contributed by atoms with Crippen LogP contribution in [0.1, 0.15) is 42.6 Å². The summed E-state index contributed by atoms with van der Waals surface area (Å²) in [5.74, 6) is -0.460. The number of ether oxygens (including phenoxy) is 1. The number of nitrogens with zero attached hydrogens (tertiary/aromatic N) is 2. The van der Waals surface area contributed by atoms with Crippen LogP contribution in [0.5, 0.6) is 0 Å². The van der Waals surface area contributed by atoms with E-state index in [9.17, 15) is 17.6 Å². The minimum absolute atomic E-state index is 0.149. The Morgan fingerprint density at radius 3 is 2.16 bits per heavy atom. The van der Waals surface area contributed by atoms with Crippen LogP contribution in [0.25, 0.3) is 0 Å². The van der Waals surface area contributed by atoms with Crippen LogP contribution in [-0.2, 0) is 21.3 Å². The van der Waals surface area contributed by atoms with Crippen molar-refractivity contribution < 1.29 is 22.3 Å². The van der Waals surface area contributed by atoms with Gasteiger partial charge in [-0.25, -0.2) is 12.8 Å². The van der Waals surface area contributed by atoms with Crippen LogP contribution in [0.3, 0.4) is 0 Å². The lowest BCUT2D eigenvalue weighted by Gasteiger charge is -2.34. The van der Waals surface area contributed by atoms with Crippen molar-refractivity contribution >= 4 is 15.9 Å². The summed E-state index contributed by atoms with van der Waals surface area (Å²) in [6.45, 7) is 4.72. The summed E-state index contributed by atoms with van der Waals surface area (Å²) in [7, 11) is -3.65. The molecule has 2 fully saturated rings. The maximum Gasteiger partial charge on any atom is 0.254 e. The number of rotatable bonds is 6. The quantitative estimate of drug-likeness (QED) is 0.682. The average Bonchev–Trinajstić information content (AvgIpc) is 3.57. The first-order valence-corrected chi connectivity index (χ1v) is 12.0.